The Morgan fingerprint density at radius 3 is 2.90 bits per heavy atom. The van der Waals surface area contributed by atoms with Crippen LogP contribution in [0.2, 0.25) is 0 Å². The number of hydrogen-bond acceptors (Lipinski definition) is 3. The summed E-state index contributed by atoms with van der Waals surface area (Å²) in [5.41, 5.74) is 7.31. The summed E-state index contributed by atoms with van der Waals surface area (Å²) in [6.07, 6.45) is 0.663. The van der Waals surface area contributed by atoms with Crippen molar-refractivity contribution in [3.63, 3.8) is 0 Å². The van der Waals surface area contributed by atoms with Gasteiger partial charge in [0.05, 0.1) is 10.9 Å². The van der Waals surface area contributed by atoms with Gasteiger partial charge in [0.25, 0.3) is 0 Å². The van der Waals surface area contributed by atoms with Gasteiger partial charge in [-0.3, -0.25) is 4.79 Å². The van der Waals surface area contributed by atoms with Crippen LogP contribution in [0, 0.1) is 5.82 Å². The van der Waals surface area contributed by atoms with E-state index >= 15 is 0 Å². The van der Waals surface area contributed by atoms with Gasteiger partial charge >= 0.3 is 0 Å². The molecule has 5 heteroatoms. The average Bonchev–Trinajstić information content (AvgIpc) is 2.87. The minimum Gasteiger partial charge on any atom is -0.399 e. The summed E-state index contributed by atoms with van der Waals surface area (Å²) in [6, 6.07) is 12.1. The number of carbonyl (C=O) groups is 1. The first kappa shape index (κ1) is 13.0. The quantitative estimate of drug-likeness (QED) is 0.835. The molecule has 3 N–H and O–H groups in total. The summed E-state index contributed by atoms with van der Waals surface area (Å²) in [5, 5.41) is 2.38. The molecule has 0 aliphatic carbocycles. The van der Waals surface area contributed by atoms with Crippen molar-refractivity contribution in [1.29, 1.82) is 0 Å². The van der Waals surface area contributed by atoms with Gasteiger partial charge in [0.1, 0.15) is 5.82 Å². The zero-order valence-corrected chi connectivity index (χ0v) is 11.4. The van der Waals surface area contributed by atoms with E-state index in [9.17, 15) is 9.18 Å². The molecular formula is C15H13FN2OS. The molecule has 0 fully saturated rings. The van der Waals surface area contributed by atoms with E-state index in [1.165, 1.54) is 30.0 Å². The summed E-state index contributed by atoms with van der Waals surface area (Å²) in [6.45, 7) is 0. The van der Waals surface area contributed by atoms with Crippen LogP contribution in [0.15, 0.2) is 47.4 Å². The molecule has 1 heterocycles. The number of halogens is 1. The molecular weight excluding hydrogens is 275 g/mol. The average molecular weight is 288 g/mol. The molecule has 20 heavy (non-hydrogen) atoms. The number of rotatable bonds is 2. The van der Waals surface area contributed by atoms with Crippen LogP contribution < -0.4 is 11.1 Å². The van der Waals surface area contributed by atoms with Crippen LogP contribution in [-0.2, 0) is 11.2 Å². The van der Waals surface area contributed by atoms with Crippen molar-refractivity contribution in [3.8, 4) is 0 Å². The number of fused-ring (bicyclic) bond motifs is 1. The van der Waals surface area contributed by atoms with Gasteiger partial charge in [0.15, 0.2) is 0 Å². The molecule has 0 bridgehead atoms. The van der Waals surface area contributed by atoms with Gasteiger partial charge in [-0.1, -0.05) is 18.2 Å². The number of amides is 1. The standard InChI is InChI=1S/C15H13FN2OS/c16-11-6-5-10(17)8-12(11)18-15(19)14-7-9-3-1-2-4-13(9)20-14/h1-6,8,14H,7,17H2,(H,18,19). The van der Waals surface area contributed by atoms with Crippen molar-refractivity contribution < 1.29 is 9.18 Å². The van der Waals surface area contributed by atoms with Crippen molar-refractivity contribution in [2.75, 3.05) is 11.1 Å². The van der Waals surface area contributed by atoms with Crippen LogP contribution in [0.25, 0.3) is 0 Å². The predicted octanol–water partition coefficient (Wildman–Crippen LogP) is 3.06. The van der Waals surface area contributed by atoms with Crippen LogP contribution in [0.3, 0.4) is 0 Å². The number of carbonyl (C=O) groups excluding carboxylic acids is 1. The third-order valence-electron chi connectivity index (χ3n) is 3.19. The zero-order chi connectivity index (χ0) is 14.1. The fourth-order valence-corrected chi connectivity index (χ4v) is 3.38. The molecule has 1 amide bonds. The first-order chi connectivity index (χ1) is 9.63. The Labute approximate surface area is 120 Å². The lowest BCUT2D eigenvalue weighted by molar-refractivity contribution is -0.115. The number of nitrogens with two attached hydrogens (primary N) is 1. The van der Waals surface area contributed by atoms with Gasteiger partial charge in [-0.15, -0.1) is 11.8 Å². The molecule has 0 radical (unpaired) electrons. The van der Waals surface area contributed by atoms with E-state index in [1.807, 2.05) is 24.3 Å². The summed E-state index contributed by atoms with van der Waals surface area (Å²) in [5.74, 6) is -0.677. The summed E-state index contributed by atoms with van der Waals surface area (Å²) in [4.78, 5) is 13.3. The summed E-state index contributed by atoms with van der Waals surface area (Å²) < 4.78 is 13.6. The van der Waals surface area contributed by atoms with Crippen molar-refractivity contribution in [1.82, 2.24) is 0 Å². The predicted molar refractivity (Wildman–Crippen MR) is 79.2 cm³/mol. The Bertz CT molecular complexity index is 650. The van der Waals surface area contributed by atoms with Crippen LogP contribution >= 0.6 is 11.8 Å². The Kier molecular flexibility index (Phi) is 3.36. The van der Waals surface area contributed by atoms with Gasteiger partial charge in [0.2, 0.25) is 5.91 Å². The second kappa shape index (κ2) is 5.17. The van der Waals surface area contributed by atoms with Gasteiger partial charge in [-0.05, 0) is 36.2 Å². The highest BCUT2D eigenvalue weighted by Crippen LogP contribution is 2.37. The maximum Gasteiger partial charge on any atom is 0.238 e. The molecule has 1 atom stereocenters. The molecule has 0 saturated heterocycles. The molecule has 0 saturated carbocycles. The third-order valence-corrected chi connectivity index (χ3v) is 4.51. The normalized spacial score (nSPS) is 16.8. The van der Waals surface area contributed by atoms with Crippen molar-refractivity contribution in [2.24, 2.45) is 0 Å². The smallest absolute Gasteiger partial charge is 0.238 e. The molecule has 1 unspecified atom stereocenters. The third kappa shape index (κ3) is 2.49. The monoisotopic (exact) mass is 288 g/mol. The SMILES string of the molecule is Nc1ccc(F)c(NC(=O)C2Cc3ccccc3S2)c1. The van der Waals surface area contributed by atoms with Gasteiger partial charge in [0, 0.05) is 10.6 Å². The molecule has 1 aliphatic heterocycles. The number of anilines is 2. The summed E-state index contributed by atoms with van der Waals surface area (Å²) in [7, 11) is 0. The van der Waals surface area contributed by atoms with E-state index in [4.69, 9.17) is 5.73 Å². The first-order valence-corrected chi connectivity index (χ1v) is 7.12. The molecule has 3 nitrogen and oxygen atoms in total. The lowest BCUT2D eigenvalue weighted by Gasteiger charge is -2.11. The number of nitrogen functional groups attached to an aromatic ring is 1. The molecule has 3 rings (SSSR count). The second-order valence-electron chi connectivity index (χ2n) is 4.65. The first-order valence-electron chi connectivity index (χ1n) is 6.24. The topological polar surface area (TPSA) is 55.1 Å². The maximum atomic E-state index is 13.6. The minimum absolute atomic E-state index is 0.131. The molecule has 1 aliphatic rings. The Morgan fingerprint density at radius 2 is 2.10 bits per heavy atom. The Morgan fingerprint density at radius 1 is 1.30 bits per heavy atom. The van der Waals surface area contributed by atoms with Crippen molar-refractivity contribution in [2.45, 2.75) is 16.6 Å². The minimum atomic E-state index is -0.479. The molecule has 2 aromatic rings. The number of thioether (sulfide) groups is 1. The van der Waals surface area contributed by atoms with E-state index in [0.29, 0.717) is 12.1 Å². The highest BCUT2D eigenvalue weighted by atomic mass is 32.2. The van der Waals surface area contributed by atoms with Crippen LogP contribution in [0.4, 0.5) is 15.8 Å². The summed E-state index contributed by atoms with van der Waals surface area (Å²) >= 11 is 1.51. The molecule has 0 aromatic heterocycles. The van der Waals surface area contributed by atoms with Crippen LogP contribution in [0.5, 0.6) is 0 Å². The van der Waals surface area contributed by atoms with E-state index in [1.54, 1.807) is 0 Å². The molecule has 2 aromatic carbocycles. The van der Waals surface area contributed by atoms with E-state index in [2.05, 4.69) is 5.32 Å². The Balaban J connectivity index is 1.74. The highest BCUT2D eigenvalue weighted by molar-refractivity contribution is 8.01. The molecule has 0 spiro atoms. The fourth-order valence-electron chi connectivity index (χ4n) is 2.18. The number of benzene rings is 2. The number of hydrogen-bond donors (Lipinski definition) is 2. The van der Waals surface area contributed by atoms with Crippen molar-refractivity contribution in [3.05, 3.63) is 53.8 Å². The van der Waals surface area contributed by atoms with E-state index in [-0.39, 0.29) is 16.8 Å². The maximum absolute atomic E-state index is 13.6. The van der Waals surface area contributed by atoms with Crippen LogP contribution in [0.1, 0.15) is 5.56 Å². The Hall–Kier alpha value is -2.01. The van der Waals surface area contributed by atoms with Gasteiger partial charge in [-0.25, -0.2) is 4.39 Å². The largest absolute Gasteiger partial charge is 0.399 e. The van der Waals surface area contributed by atoms with E-state index < -0.39 is 5.82 Å². The molecule has 102 valence electrons. The van der Waals surface area contributed by atoms with Crippen molar-refractivity contribution >= 4 is 29.0 Å². The lowest BCUT2D eigenvalue weighted by Crippen LogP contribution is -2.25. The van der Waals surface area contributed by atoms with E-state index in [0.717, 1.165) is 10.5 Å². The number of nitrogens with one attached hydrogen (secondary N) is 1. The fraction of sp³-hybridized carbons (Fsp3) is 0.133. The van der Waals surface area contributed by atoms with Gasteiger partial charge in [-0.2, -0.15) is 0 Å². The van der Waals surface area contributed by atoms with Crippen LogP contribution in [-0.4, -0.2) is 11.2 Å². The van der Waals surface area contributed by atoms with Gasteiger partial charge < -0.3 is 11.1 Å². The zero-order valence-electron chi connectivity index (χ0n) is 10.6. The second-order valence-corrected chi connectivity index (χ2v) is 5.89. The highest BCUT2D eigenvalue weighted by Gasteiger charge is 2.28. The lowest BCUT2D eigenvalue weighted by atomic mass is 10.1.